The summed E-state index contributed by atoms with van der Waals surface area (Å²) < 4.78 is 0. The number of likely N-dealkylation sites (tertiary alicyclic amines) is 1. The minimum absolute atomic E-state index is 0.219. The Balaban J connectivity index is 1.84. The summed E-state index contributed by atoms with van der Waals surface area (Å²) in [6, 6.07) is 8.40. The van der Waals surface area contributed by atoms with Crippen LogP contribution in [-0.2, 0) is 22.4 Å². The van der Waals surface area contributed by atoms with Crippen molar-refractivity contribution in [1.29, 1.82) is 0 Å². The lowest BCUT2D eigenvalue weighted by molar-refractivity contribution is -0.152. The normalized spacial score (nSPS) is 16.9. The Morgan fingerprint density at radius 2 is 1.81 bits per heavy atom. The molecule has 1 heterocycles. The van der Waals surface area contributed by atoms with Crippen molar-refractivity contribution in [1.82, 2.24) is 10.2 Å². The molecule has 7 heteroatoms. The summed E-state index contributed by atoms with van der Waals surface area (Å²) in [6.07, 6.45) is 1.99. The van der Waals surface area contributed by atoms with Gasteiger partial charge in [0.25, 0.3) is 11.8 Å². The number of nitrogens with one attached hydrogen (secondary N) is 1. The number of allylic oxidation sites excluding steroid dienone is 2. The smallest absolute Gasteiger partial charge is 0.254 e. The van der Waals surface area contributed by atoms with Gasteiger partial charge in [0.2, 0.25) is 0 Å². The molecule has 1 aromatic rings. The van der Waals surface area contributed by atoms with Gasteiger partial charge in [-0.05, 0) is 56.1 Å². The van der Waals surface area contributed by atoms with Gasteiger partial charge in [0.1, 0.15) is 0 Å². The molecule has 31 heavy (non-hydrogen) atoms. The minimum Gasteiger partial charge on any atom is -0.380 e. The summed E-state index contributed by atoms with van der Waals surface area (Å²) >= 11 is 1.52. The predicted octanol–water partition coefficient (Wildman–Crippen LogP) is 2.79. The summed E-state index contributed by atoms with van der Waals surface area (Å²) in [4.78, 5) is 26.8. The molecule has 2 amide bonds. The molecular formula is C24H34N2O4S. The van der Waals surface area contributed by atoms with Crippen molar-refractivity contribution >= 4 is 23.6 Å². The fraction of sp³-hybridized carbons (Fsp3) is 0.500. The van der Waals surface area contributed by atoms with Crippen LogP contribution in [-0.4, -0.2) is 58.8 Å². The Morgan fingerprint density at radius 3 is 2.42 bits per heavy atom. The first-order valence-corrected chi connectivity index (χ1v) is 11.7. The van der Waals surface area contributed by atoms with Crippen molar-refractivity contribution in [3.05, 3.63) is 57.4 Å². The molecule has 0 aliphatic carbocycles. The van der Waals surface area contributed by atoms with Crippen LogP contribution in [0.3, 0.4) is 0 Å². The Bertz CT molecular complexity index is 816. The van der Waals surface area contributed by atoms with Crippen molar-refractivity contribution in [2.75, 3.05) is 19.6 Å². The molecule has 0 spiro atoms. The molecule has 170 valence electrons. The van der Waals surface area contributed by atoms with E-state index in [9.17, 15) is 19.8 Å². The van der Waals surface area contributed by atoms with E-state index in [-0.39, 0.29) is 6.54 Å². The number of hydrogen-bond donors (Lipinski definition) is 3. The van der Waals surface area contributed by atoms with Crippen LogP contribution in [0.15, 0.2) is 46.2 Å². The lowest BCUT2D eigenvalue weighted by Gasteiger charge is -2.22. The molecule has 2 rings (SSSR count). The van der Waals surface area contributed by atoms with E-state index in [0.29, 0.717) is 13.1 Å². The molecule has 3 N–H and O–H groups in total. The van der Waals surface area contributed by atoms with Crippen LogP contribution in [0, 0.1) is 0 Å². The number of rotatable bonds is 10. The van der Waals surface area contributed by atoms with Crippen molar-refractivity contribution in [2.24, 2.45) is 0 Å². The summed E-state index contributed by atoms with van der Waals surface area (Å²) in [5.74, 6) is -1.34. The molecule has 1 aliphatic rings. The van der Waals surface area contributed by atoms with Gasteiger partial charge in [0.05, 0.1) is 0 Å². The van der Waals surface area contributed by atoms with E-state index < -0.39 is 24.0 Å². The summed E-state index contributed by atoms with van der Waals surface area (Å²) in [7, 11) is 0. The van der Waals surface area contributed by atoms with Crippen LogP contribution >= 0.6 is 11.8 Å². The van der Waals surface area contributed by atoms with Crippen LogP contribution in [0.5, 0.6) is 0 Å². The van der Waals surface area contributed by atoms with Crippen LogP contribution in [0.1, 0.15) is 44.7 Å². The highest BCUT2D eigenvalue weighted by Crippen LogP contribution is 2.21. The molecule has 6 nitrogen and oxygen atoms in total. The second kappa shape index (κ2) is 12.7. The number of amides is 2. The molecule has 0 saturated carbocycles. The highest BCUT2D eigenvalue weighted by molar-refractivity contribution is 8.05. The molecule has 2 atom stereocenters. The topological polar surface area (TPSA) is 89.9 Å². The molecular weight excluding hydrogens is 412 g/mol. The van der Waals surface area contributed by atoms with E-state index >= 15 is 0 Å². The maximum absolute atomic E-state index is 12.2. The molecule has 1 aromatic carbocycles. The van der Waals surface area contributed by atoms with Gasteiger partial charge < -0.3 is 20.4 Å². The number of carbonyl (C=O) groups is 2. The number of thioether (sulfide) groups is 1. The molecule has 1 saturated heterocycles. The van der Waals surface area contributed by atoms with Crippen molar-refractivity contribution in [3.63, 3.8) is 0 Å². The van der Waals surface area contributed by atoms with E-state index in [1.54, 1.807) is 0 Å². The van der Waals surface area contributed by atoms with Gasteiger partial charge in [-0.1, -0.05) is 42.8 Å². The summed E-state index contributed by atoms with van der Waals surface area (Å²) in [5.41, 5.74) is 3.87. The second-order valence-electron chi connectivity index (χ2n) is 7.78. The molecule has 1 aliphatic heterocycles. The first-order valence-electron chi connectivity index (χ1n) is 10.8. The maximum Gasteiger partial charge on any atom is 0.254 e. The van der Waals surface area contributed by atoms with Gasteiger partial charge in [-0.3, -0.25) is 9.59 Å². The average molecular weight is 447 g/mol. The van der Waals surface area contributed by atoms with Crippen LogP contribution < -0.4 is 5.32 Å². The first-order chi connectivity index (χ1) is 14.9. The van der Waals surface area contributed by atoms with Gasteiger partial charge in [-0.15, -0.1) is 11.8 Å². The lowest BCUT2D eigenvalue weighted by Crippen LogP contribution is -2.50. The standard InChI is InChI=1S/C24H34N2O4S/c1-4-18-10-6-7-11-19(18)14-17(3)16-31-20(5-2)15-25-23(29)21(27)22(28)24(30)26-12-8-9-13-26/h5-7,10-11,16,21-22,27-28H,4,8-9,12-15H2,1-3H3,(H,25,29)/b17-16+,20-5-. The van der Waals surface area contributed by atoms with Gasteiger partial charge >= 0.3 is 0 Å². The third-order valence-electron chi connectivity index (χ3n) is 5.38. The highest BCUT2D eigenvalue weighted by Gasteiger charge is 2.34. The van der Waals surface area contributed by atoms with Gasteiger partial charge in [-0.25, -0.2) is 0 Å². The zero-order chi connectivity index (χ0) is 22.8. The lowest BCUT2D eigenvalue weighted by atomic mass is 10.00. The van der Waals surface area contributed by atoms with Crippen molar-refractivity contribution in [3.8, 4) is 0 Å². The van der Waals surface area contributed by atoms with E-state index in [4.69, 9.17) is 0 Å². The number of carbonyl (C=O) groups excluding carboxylic acids is 2. The third-order valence-corrected chi connectivity index (χ3v) is 6.58. The van der Waals surface area contributed by atoms with E-state index in [1.165, 1.54) is 33.4 Å². The van der Waals surface area contributed by atoms with Crippen molar-refractivity contribution in [2.45, 2.75) is 58.7 Å². The zero-order valence-corrected chi connectivity index (χ0v) is 19.5. The monoisotopic (exact) mass is 446 g/mol. The van der Waals surface area contributed by atoms with Gasteiger partial charge in [0.15, 0.2) is 12.2 Å². The second-order valence-corrected chi connectivity index (χ2v) is 8.77. The molecule has 0 bridgehead atoms. The number of nitrogens with zero attached hydrogens (tertiary/aromatic N) is 1. The largest absolute Gasteiger partial charge is 0.380 e. The summed E-state index contributed by atoms with van der Waals surface area (Å²) in [6.45, 7) is 7.44. The first kappa shape index (κ1) is 25.2. The van der Waals surface area contributed by atoms with E-state index in [2.05, 4.69) is 48.8 Å². The third kappa shape index (κ3) is 7.52. The van der Waals surface area contributed by atoms with Gasteiger partial charge in [-0.2, -0.15) is 0 Å². The number of hydrogen-bond acceptors (Lipinski definition) is 5. The number of benzene rings is 1. The van der Waals surface area contributed by atoms with Crippen molar-refractivity contribution < 1.29 is 19.8 Å². The zero-order valence-electron chi connectivity index (χ0n) is 18.6. The molecule has 0 radical (unpaired) electrons. The predicted molar refractivity (Wildman–Crippen MR) is 125 cm³/mol. The average Bonchev–Trinajstić information content (AvgIpc) is 3.32. The SMILES string of the molecule is C/C=C(/CNC(=O)C(O)C(O)C(=O)N1CCCC1)S/C=C(\C)Cc1ccccc1CC. The van der Waals surface area contributed by atoms with Gasteiger partial charge in [0, 0.05) is 24.5 Å². The van der Waals surface area contributed by atoms with Crippen LogP contribution in [0.4, 0.5) is 0 Å². The Kier molecular flexibility index (Phi) is 10.3. The fourth-order valence-electron chi connectivity index (χ4n) is 3.49. The van der Waals surface area contributed by atoms with Crippen LogP contribution in [0.25, 0.3) is 0 Å². The number of aryl methyl sites for hydroxylation is 1. The minimum atomic E-state index is -1.78. The fourth-order valence-corrected chi connectivity index (χ4v) is 4.21. The maximum atomic E-state index is 12.2. The molecule has 1 fully saturated rings. The summed E-state index contributed by atoms with van der Waals surface area (Å²) in [5, 5.41) is 24.8. The molecule has 0 aromatic heterocycles. The Morgan fingerprint density at radius 1 is 1.16 bits per heavy atom. The number of aliphatic hydroxyl groups excluding tert-OH is 2. The van der Waals surface area contributed by atoms with E-state index in [0.717, 1.165) is 30.6 Å². The van der Waals surface area contributed by atoms with Crippen LogP contribution in [0.2, 0.25) is 0 Å². The van der Waals surface area contributed by atoms with E-state index in [1.807, 2.05) is 13.0 Å². The number of aliphatic hydroxyl groups is 2. The Hall–Kier alpha value is -2.09. The molecule has 2 unspecified atom stereocenters. The Labute approximate surface area is 189 Å². The quantitative estimate of drug-likeness (QED) is 0.514. The highest BCUT2D eigenvalue weighted by atomic mass is 32.2.